The van der Waals surface area contributed by atoms with Gasteiger partial charge in [-0.2, -0.15) is 0 Å². The third kappa shape index (κ3) is 4.84. The summed E-state index contributed by atoms with van der Waals surface area (Å²) in [5.41, 5.74) is 1.47. The third-order valence-corrected chi connectivity index (χ3v) is 3.79. The molecule has 1 atom stereocenters. The molecular weight excluding hydrogens is 262 g/mol. The Labute approximate surface area is 120 Å². The van der Waals surface area contributed by atoms with Crippen LogP contribution >= 0.6 is 11.6 Å². The van der Waals surface area contributed by atoms with Crippen molar-refractivity contribution in [2.24, 2.45) is 0 Å². The van der Waals surface area contributed by atoms with Crippen LogP contribution in [-0.2, 0) is 11.2 Å². The number of rotatable bonds is 5. The van der Waals surface area contributed by atoms with Gasteiger partial charge in [-0.15, -0.1) is 0 Å². The predicted molar refractivity (Wildman–Crippen MR) is 78.4 cm³/mol. The first-order valence-electron chi connectivity index (χ1n) is 6.46. The summed E-state index contributed by atoms with van der Waals surface area (Å²) >= 11 is 6.04. The van der Waals surface area contributed by atoms with Crippen LogP contribution in [0.25, 0.3) is 0 Å². The molecule has 0 fully saturated rings. The summed E-state index contributed by atoms with van der Waals surface area (Å²) in [5.74, 6) is -0.0670. The normalized spacial score (nSPS) is 13.2. The van der Waals surface area contributed by atoms with Crippen LogP contribution in [0.4, 0.5) is 0 Å². The number of amides is 1. The molecule has 3 nitrogen and oxygen atoms in total. The smallest absolute Gasteiger partial charge is 0.220 e. The lowest BCUT2D eigenvalue weighted by atomic mass is 9.98. The summed E-state index contributed by atoms with van der Waals surface area (Å²) < 4.78 is 0. The molecule has 4 heteroatoms. The van der Waals surface area contributed by atoms with E-state index in [2.05, 4.69) is 5.32 Å². The van der Waals surface area contributed by atoms with Crippen LogP contribution in [0.2, 0.25) is 5.02 Å². The second-order valence-electron chi connectivity index (χ2n) is 5.53. The van der Waals surface area contributed by atoms with Crippen LogP contribution in [0.15, 0.2) is 18.2 Å². The maximum absolute atomic E-state index is 11.8. The van der Waals surface area contributed by atoms with Gasteiger partial charge in [0.05, 0.1) is 11.6 Å². The zero-order valence-corrected chi connectivity index (χ0v) is 12.7. The number of aliphatic hydroxyl groups is 1. The third-order valence-electron chi connectivity index (χ3n) is 3.38. The number of hydrogen-bond donors (Lipinski definition) is 2. The molecule has 0 aliphatic heterocycles. The number of nitrogens with one attached hydrogen (secondary N) is 1. The van der Waals surface area contributed by atoms with Gasteiger partial charge < -0.3 is 10.4 Å². The molecule has 0 aliphatic rings. The lowest BCUT2D eigenvalue weighted by molar-refractivity contribution is -0.123. The molecule has 0 bridgehead atoms. The summed E-state index contributed by atoms with van der Waals surface area (Å²) in [6, 6.07) is 5.83. The van der Waals surface area contributed by atoms with Gasteiger partial charge in [-0.1, -0.05) is 23.7 Å². The molecule has 2 N–H and O–H groups in total. The highest BCUT2D eigenvalue weighted by Crippen LogP contribution is 2.18. The molecule has 0 radical (unpaired) electrons. The van der Waals surface area contributed by atoms with Crippen LogP contribution in [0.1, 0.15) is 38.3 Å². The van der Waals surface area contributed by atoms with E-state index in [4.69, 9.17) is 11.6 Å². The number of aryl methyl sites for hydroxylation is 2. The highest BCUT2D eigenvalue weighted by Gasteiger charge is 2.25. The minimum atomic E-state index is -0.609. The Balaban J connectivity index is 2.53. The van der Waals surface area contributed by atoms with Gasteiger partial charge in [-0.25, -0.2) is 0 Å². The topological polar surface area (TPSA) is 49.3 Å². The van der Waals surface area contributed by atoms with E-state index in [1.165, 1.54) is 0 Å². The number of hydrogen-bond acceptors (Lipinski definition) is 2. The van der Waals surface area contributed by atoms with Crippen molar-refractivity contribution in [2.45, 2.75) is 52.2 Å². The number of carbonyl (C=O) groups excluding carboxylic acids is 1. The average molecular weight is 284 g/mol. The van der Waals surface area contributed by atoms with Gasteiger partial charge in [0, 0.05) is 11.4 Å². The maximum atomic E-state index is 11.8. The average Bonchev–Trinajstić information content (AvgIpc) is 2.30. The molecular formula is C15H22ClNO2. The molecule has 0 aromatic heterocycles. The highest BCUT2D eigenvalue weighted by molar-refractivity contribution is 6.31. The van der Waals surface area contributed by atoms with E-state index in [-0.39, 0.29) is 5.91 Å². The number of carbonyl (C=O) groups is 1. The first-order valence-corrected chi connectivity index (χ1v) is 6.84. The summed E-state index contributed by atoms with van der Waals surface area (Å²) in [5, 5.41) is 13.1. The largest absolute Gasteiger partial charge is 0.391 e. The number of halogens is 1. The van der Waals surface area contributed by atoms with Crippen LogP contribution in [-0.4, -0.2) is 22.7 Å². The SMILES string of the molecule is Cc1ccc(CCC(=O)NC(C)(C)C(C)O)cc1Cl. The molecule has 0 heterocycles. The van der Waals surface area contributed by atoms with E-state index >= 15 is 0 Å². The van der Waals surface area contributed by atoms with Crippen LogP contribution in [0, 0.1) is 6.92 Å². The molecule has 0 saturated heterocycles. The van der Waals surface area contributed by atoms with Crippen molar-refractivity contribution in [3.05, 3.63) is 34.3 Å². The Bertz CT molecular complexity index is 455. The maximum Gasteiger partial charge on any atom is 0.220 e. The second kappa shape index (κ2) is 6.40. The molecule has 0 saturated carbocycles. The van der Waals surface area contributed by atoms with Crippen LogP contribution in [0.3, 0.4) is 0 Å². The fraction of sp³-hybridized carbons (Fsp3) is 0.533. The Morgan fingerprint density at radius 1 is 1.47 bits per heavy atom. The van der Waals surface area contributed by atoms with Gasteiger partial charge in [0.15, 0.2) is 0 Å². The monoisotopic (exact) mass is 283 g/mol. The Morgan fingerprint density at radius 2 is 2.11 bits per heavy atom. The van der Waals surface area contributed by atoms with Gasteiger partial charge in [0.2, 0.25) is 5.91 Å². The molecule has 1 aromatic rings. The quantitative estimate of drug-likeness (QED) is 0.873. The van der Waals surface area contributed by atoms with E-state index in [1.807, 2.05) is 25.1 Å². The molecule has 1 aromatic carbocycles. The Hall–Kier alpha value is -1.06. The molecule has 0 spiro atoms. The Kier molecular flexibility index (Phi) is 5.39. The summed E-state index contributed by atoms with van der Waals surface area (Å²) in [7, 11) is 0. The minimum Gasteiger partial charge on any atom is -0.391 e. The zero-order chi connectivity index (χ0) is 14.6. The molecule has 106 valence electrons. The van der Waals surface area contributed by atoms with E-state index in [0.29, 0.717) is 12.8 Å². The van der Waals surface area contributed by atoms with Crippen molar-refractivity contribution in [1.29, 1.82) is 0 Å². The highest BCUT2D eigenvalue weighted by atomic mass is 35.5. The lowest BCUT2D eigenvalue weighted by Gasteiger charge is -2.29. The lowest BCUT2D eigenvalue weighted by Crippen LogP contribution is -2.51. The Morgan fingerprint density at radius 3 is 2.63 bits per heavy atom. The van der Waals surface area contributed by atoms with Crippen molar-refractivity contribution in [3.63, 3.8) is 0 Å². The van der Waals surface area contributed by atoms with Crippen molar-refractivity contribution in [2.75, 3.05) is 0 Å². The standard InChI is InChI=1S/C15H22ClNO2/c1-10-5-6-12(9-13(10)16)7-8-14(19)17-15(3,4)11(2)18/h5-6,9,11,18H,7-8H2,1-4H3,(H,17,19). The summed E-state index contributed by atoms with van der Waals surface area (Å²) in [6.45, 7) is 7.22. The van der Waals surface area contributed by atoms with Crippen molar-refractivity contribution < 1.29 is 9.90 Å². The van der Waals surface area contributed by atoms with Gasteiger partial charge >= 0.3 is 0 Å². The van der Waals surface area contributed by atoms with Gasteiger partial charge in [0.1, 0.15) is 0 Å². The zero-order valence-electron chi connectivity index (χ0n) is 12.0. The fourth-order valence-electron chi connectivity index (χ4n) is 1.58. The fourth-order valence-corrected chi connectivity index (χ4v) is 1.78. The first-order chi connectivity index (χ1) is 8.72. The van der Waals surface area contributed by atoms with Crippen molar-refractivity contribution in [3.8, 4) is 0 Å². The molecule has 1 unspecified atom stereocenters. The summed E-state index contributed by atoms with van der Waals surface area (Å²) in [4.78, 5) is 11.8. The van der Waals surface area contributed by atoms with Crippen LogP contribution in [0.5, 0.6) is 0 Å². The second-order valence-corrected chi connectivity index (χ2v) is 5.94. The van der Waals surface area contributed by atoms with Crippen molar-refractivity contribution >= 4 is 17.5 Å². The van der Waals surface area contributed by atoms with E-state index < -0.39 is 11.6 Å². The summed E-state index contributed by atoms with van der Waals surface area (Å²) in [6.07, 6.45) is 0.433. The van der Waals surface area contributed by atoms with E-state index in [9.17, 15) is 9.90 Å². The van der Waals surface area contributed by atoms with Crippen LogP contribution < -0.4 is 5.32 Å². The van der Waals surface area contributed by atoms with Gasteiger partial charge in [0.25, 0.3) is 0 Å². The van der Waals surface area contributed by atoms with Crippen molar-refractivity contribution in [1.82, 2.24) is 5.32 Å². The molecule has 1 rings (SSSR count). The minimum absolute atomic E-state index is 0.0670. The molecule has 19 heavy (non-hydrogen) atoms. The predicted octanol–water partition coefficient (Wildman–Crippen LogP) is 2.86. The van der Waals surface area contributed by atoms with E-state index in [0.717, 1.165) is 16.1 Å². The number of aliphatic hydroxyl groups excluding tert-OH is 1. The number of benzene rings is 1. The van der Waals surface area contributed by atoms with E-state index in [1.54, 1.807) is 20.8 Å². The van der Waals surface area contributed by atoms with Gasteiger partial charge in [-0.3, -0.25) is 4.79 Å². The molecule has 0 aliphatic carbocycles. The first kappa shape index (κ1) is 16.0. The molecule has 1 amide bonds. The van der Waals surface area contributed by atoms with Gasteiger partial charge in [-0.05, 0) is 51.3 Å².